The second-order valence-electron chi connectivity index (χ2n) is 4.14. The Balaban J connectivity index is 2.29. The number of anilines is 1. The minimum Gasteiger partial charge on any atom is -0.364 e. The van der Waals surface area contributed by atoms with Crippen molar-refractivity contribution in [1.29, 1.82) is 0 Å². The van der Waals surface area contributed by atoms with Crippen molar-refractivity contribution >= 4 is 17.5 Å². The summed E-state index contributed by atoms with van der Waals surface area (Å²) < 4.78 is 2.78. The summed E-state index contributed by atoms with van der Waals surface area (Å²) in [5, 5.41) is 10.6. The zero-order valence-electron chi connectivity index (χ0n) is 10.8. The highest BCUT2D eigenvalue weighted by Gasteiger charge is 2.18. The van der Waals surface area contributed by atoms with Gasteiger partial charge in [-0.05, 0) is 13.0 Å². The first kappa shape index (κ1) is 12.8. The van der Waals surface area contributed by atoms with E-state index in [-0.39, 0.29) is 17.3 Å². The number of amides is 2. The first-order valence-corrected chi connectivity index (χ1v) is 5.54. The number of carbonyl (C=O) groups excluding carboxylic acids is 2. The molecule has 2 aromatic rings. The first-order valence-electron chi connectivity index (χ1n) is 5.54. The molecule has 0 aromatic carbocycles. The van der Waals surface area contributed by atoms with Crippen LogP contribution in [0.15, 0.2) is 12.3 Å². The van der Waals surface area contributed by atoms with Gasteiger partial charge in [0.05, 0.1) is 17.6 Å². The van der Waals surface area contributed by atoms with Gasteiger partial charge in [0.2, 0.25) is 0 Å². The summed E-state index contributed by atoms with van der Waals surface area (Å²) >= 11 is 0. The van der Waals surface area contributed by atoms with Crippen LogP contribution in [0.1, 0.15) is 26.7 Å². The summed E-state index contributed by atoms with van der Waals surface area (Å²) in [7, 11) is 3.24. The Morgan fingerprint density at radius 3 is 2.53 bits per heavy atom. The van der Waals surface area contributed by atoms with Gasteiger partial charge in [-0.1, -0.05) is 0 Å². The van der Waals surface area contributed by atoms with Crippen molar-refractivity contribution in [2.75, 3.05) is 5.32 Å². The molecule has 0 bridgehead atoms. The Labute approximate surface area is 109 Å². The van der Waals surface area contributed by atoms with Crippen molar-refractivity contribution in [1.82, 2.24) is 19.6 Å². The molecule has 0 fully saturated rings. The van der Waals surface area contributed by atoms with E-state index in [1.54, 1.807) is 27.1 Å². The van der Waals surface area contributed by atoms with Crippen LogP contribution in [-0.2, 0) is 14.1 Å². The number of nitrogens with one attached hydrogen (secondary N) is 1. The largest absolute Gasteiger partial charge is 0.364 e. The van der Waals surface area contributed by atoms with Crippen molar-refractivity contribution in [3.63, 3.8) is 0 Å². The molecule has 0 aliphatic heterocycles. The maximum Gasteiger partial charge on any atom is 0.274 e. The van der Waals surface area contributed by atoms with Gasteiger partial charge in [-0.15, -0.1) is 0 Å². The van der Waals surface area contributed by atoms with E-state index in [1.165, 1.54) is 15.6 Å². The lowest BCUT2D eigenvalue weighted by atomic mass is 10.3. The Morgan fingerprint density at radius 1 is 1.32 bits per heavy atom. The third-order valence-electron chi connectivity index (χ3n) is 2.65. The van der Waals surface area contributed by atoms with E-state index in [4.69, 9.17) is 5.73 Å². The molecule has 0 saturated heterocycles. The molecule has 0 radical (unpaired) electrons. The van der Waals surface area contributed by atoms with Crippen molar-refractivity contribution in [3.05, 3.63) is 29.3 Å². The monoisotopic (exact) mass is 262 g/mol. The van der Waals surface area contributed by atoms with E-state index in [9.17, 15) is 9.59 Å². The van der Waals surface area contributed by atoms with Gasteiger partial charge in [-0.2, -0.15) is 10.2 Å². The van der Waals surface area contributed by atoms with Crippen molar-refractivity contribution in [3.8, 4) is 0 Å². The Bertz CT molecular complexity index is 654. The van der Waals surface area contributed by atoms with Gasteiger partial charge >= 0.3 is 0 Å². The Kier molecular flexibility index (Phi) is 3.07. The molecule has 2 rings (SSSR count). The quantitative estimate of drug-likeness (QED) is 0.799. The van der Waals surface area contributed by atoms with E-state index >= 15 is 0 Å². The second-order valence-corrected chi connectivity index (χ2v) is 4.14. The maximum absolute atomic E-state index is 12.1. The summed E-state index contributed by atoms with van der Waals surface area (Å²) in [6.07, 6.45) is 1.38. The van der Waals surface area contributed by atoms with Gasteiger partial charge in [-0.3, -0.25) is 19.0 Å². The zero-order valence-corrected chi connectivity index (χ0v) is 10.8. The van der Waals surface area contributed by atoms with Crippen LogP contribution in [-0.4, -0.2) is 31.4 Å². The van der Waals surface area contributed by atoms with Gasteiger partial charge < -0.3 is 11.1 Å². The van der Waals surface area contributed by atoms with Gasteiger partial charge in [-0.25, -0.2) is 0 Å². The average molecular weight is 262 g/mol. The number of hydrogen-bond acceptors (Lipinski definition) is 4. The summed E-state index contributed by atoms with van der Waals surface area (Å²) in [6, 6.07) is 1.65. The number of aryl methyl sites for hydroxylation is 3. The highest BCUT2D eigenvalue weighted by molar-refractivity contribution is 6.07. The number of nitrogens with two attached hydrogens (primary N) is 1. The van der Waals surface area contributed by atoms with E-state index in [0.29, 0.717) is 5.69 Å². The summed E-state index contributed by atoms with van der Waals surface area (Å²) in [5.74, 6) is -1.03. The fourth-order valence-electron chi connectivity index (χ4n) is 1.83. The number of primary amides is 1. The van der Waals surface area contributed by atoms with E-state index in [2.05, 4.69) is 15.5 Å². The first-order chi connectivity index (χ1) is 8.90. The summed E-state index contributed by atoms with van der Waals surface area (Å²) in [4.78, 5) is 23.4. The van der Waals surface area contributed by atoms with Crippen LogP contribution in [0.5, 0.6) is 0 Å². The molecule has 2 aromatic heterocycles. The molecular formula is C11H14N6O2. The molecule has 3 N–H and O–H groups in total. The number of hydrogen-bond donors (Lipinski definition) is 2. The van der Waals surface area contributed by atoms with E-state index in [1.807, 2.05) is 0 Å². The molecule has 0 unspecified atom stereocenters. The lowest BCUT2D eigenvalue weighted by Crippen LogP contribution is -2.21. The minimum atomic E-state index is -0.656. The van der Waals surface area contributed by atoms with Crippen molar-refractivity contribution in [2.45, 2.75) is 6.92 Å². The molecule has 0 atom stereocenters. The molecule has 8 nitrogen and oxygen atoms in total. The van der Waals surface area contributed by atoms with Crippen molar-refractivity contribution < 1.29 is 9.59 Å². The minimum absolute atomic E-state index is 0.146. The lowest BCUT2D eigenvalue weighted by Gasteiger charge is -2.05. The average Bonchev–Trinajstić information content (AvgIpc) is 2.82. The standard InChI is InChI=1S/C11H14N6O2/c1-6-4-8(16(2)15-6)11(19)14-7-5-13-17(3)9(7)10(12)18/h4-5H,1-3H3,(H2,12,18)(H,14,19). The predicted octanol–water partition coefficient (Wildman–Crippen LogP) is -0.187. The highest BCUT2D eigenvalue weighted by Crippen LogP contribution is 2.15. The molecule has 8 heteroatoms. The SMILES string of the molecule is Cc1cc(C(=O)Nc2cnn(C)c2C(N)=O)n(C)n1. The molecule has 2 heterocycles. The second kappa shape index (κ2) is 4.56. The fraction of sp³-hybridized carbons (Fsp3) is 0.273. The molecular weight excluding hydrogens is 248 g/mol. The Hall–Kier alpha value is -2.64. The number of nitrogens with zero attached hydrogens (tertiary/aromatic N) is 4. The van der Waals surface area contributed by atoms with Gasteiger partial charge in [0.15, 0.2) is 0 Å². The molecule has 0 saturated carbocycles. The normalized spacial score (nSPS) is 10.5. The third kappa shape index (κ3) is 2.32. The maximum atomic E-state index is 12.1. The van der Waals surface area contributed by atoms with E-state index in [0.717, 1.165) is 5.69 Å². The van der Waals surface area contributed by atoms with Gasteiger partial charge in [0, 0.05) is 14.1 Å². The number of carbonyl (C=O) groups is 2. The molecule has 2 amide bonds. The summed E-state index contributed by atoms with van der Waals surface area (Å²) in [6.45, 7) is 1.79. The third-order valence-corrected chi connectivity index (χ3v) is 2.65. The topological polar surface area (TPSA) is 108 Å². The van der Waals surface area contributed by atoms with Gasteiger partial charge in [0.25, 0.3) is 11.8 Å². The molecule has 0 spiro atoms. The highest BCUT2D eigenvalue weighted by atomic mass is 16.2. The Morgan fingerprint density at radius 2 is 2.00 bits per heavy atom. The van der Waals surface area contributed by atoms with Gasteiger partial charge in [0.1, 0.15) is 11.4 Å². The summed E-state index contributed by atoms with van der Waals surface area (Å²) in [5.41, 5.74) is 6.78. The number of rotatable bonds is 3. The van der Waals surface area contributed by atoms with Crippen LogP contribution in [0.4, 0.5) is 5.69 Å². The van der Waals surface area contributed by atoms with Crippen LogP contribution in [0.25, 0.3) is 0 Å². The lowest BCUT2D eigenvalue weighted by molar-refractivity contribution is 0.0992. The van der Waals surface area contributed by atoms with Crippen LogP contribution in [0.2, 0.25) is 0 Å². The van der Waals surface area contributed by atoms with E-state index < -0.39 is 5.91 Å². The molecule has 0 aliphatic carbocycles. The molecule has 100 valence electrons. The van der Waals surface area contributed by atoms with Crippen LogP contribution in [0, 0.1) is 6.92 Å². The molecule has 0 aliphatic rings. The number of aromatic nitrogens is 4. The zero-order chi connectivity index (χ0) is 14.2. The van der Waals surface area contributed by atoms with Crippen LogP contribution >= 0.6 is 0 Å². The smallest absolute Gasteiger partial charge is 0.274 e. The molecule has 19 heavy (non-hydrogen) atoms. The fourth-order valence-corrected chi connectivity index (χ4v) is 1.83. The predicted molar refractivity (Wildman–Crippen MR) is 67.6 cm³/mol. The van der Waals surface area contributed by atoms with Crippen molar-refractivity contribution in [2.24, 2.45) is 19.8 Å². The van der Waals surface area contributed by atoms with Crippen LogP contribution < -0.4 is 11.1 Å². The van der Waals surface area contributed by atoms with Crippen LogP contribution in [0.3, 0.4) is 0 Å².